The lowest BCUT2D eigenvalue weighted by atomic mass is 10.2. The fraction of sp³-hybridized carbons (Fsp3) is 0.111. The number of aromatic nitrogens is 2. The van der Waals surface area contributed by atoms with Crippen molar-refractivity contribution in [2.45, 2.75) is 6.92 Å². The SMILES string of the molecule is Cc1cc(Cl)nc2n[c]ccc12. The molecule has 0 saturated carbocycles. The number of aryl methyl sites for hydroxylation is 1. The summed E-state index contributed by atoms with van der Waals surface area (Å²) in [6.07, 6.45) is 2.72. The van der Waals surface area contributed by atoms with Crippen molar-refractivity contribution in [1.29, 1.82) is 0 Å². The molecule has 0 unspecified atom stereocenters. The van der Waals surface area contributed by atoms with Gasteiger partial charge in [-0.05, 0) is 30.7 Å². The molecule has 2 aromatic rings. The molecule has 12 heavy (non-hydrogen) atoms. The maximum absolute atomic E-state index is 5.76. The van der Waals surface area contributed by atoms with Crippen molar-refractivity contribution in [1.82, 2.24) is 9.97 Å². The van der Waals surface area contributed by atoms with Crippen LogP contribution in [0.4, 0.5) is 0 Å². The predicted molar refractivity (Wildman–Crippen MR) is 48.1 cm³/mol. The normalized spacial score (nSPS) is 10.5. The summed E-state index contributed by atoms with van der Waals surface area (Å²) in [6.45, 7) is 1.98. The summed E-state index contributed by atoms with van der Waals surface area (Å²) in [5.74, 6) is 0. The van der Waals surface area contributed by atoms with Crippen LogP contribution >= 0.6 is 11.6 Å². The van der Waals surface area contributed by atoms with Gasteiger partial charge in [-0.1, -0.05) is 11.6 Å². The average Bonchev–Trinajstić information content (AvgIpc) is 2.04. The highest BCUT2D eigenvalue weighted by Gasteiger charge is 2.00. The number of hydrogen-bond acceptors (Lipinski definition) is 2. The third-order valence-electron chi connectivity index (χ3n) is 1.71. The molecular formula is C9H6ClN2. The van der Waals surface area contributed by atoms with Gasteiger partial charge in [0.05, 0.1) is 6.20 Å². The van der Waals surface area contributed by atoms with Crippen LogP contribution in [0.3, 0.4) is 0 Å². The van der Waals surface area contributed by atoms with Crippen LogP contribution in [0.25, 0.3) is 11.0 Å². The summed E-state index contributed by atoms with van der Waals surface area (Å²) in [6, 6.07) is 5.53. The van der Waals surface area contributed by atoms with Crippen LogP contribution in [-0.4, -0.2) is 9.97 Å². The lowest BCUT2D eigenvalue weighted by Crippen LogP contribution is -1.86. The second-order valence-electron chi connectivity index (χ2n) is 2.57. The zero-order valence-electron chi connectivity index (χ0n) is 6.50. The largest absolute Gasteiger partial charge is 0.226 e. The maximum Gasteiger partial charge on any atom is 0.161 e. The Morgan fingerprint density at radius 3 is 3.17 bits per heavy atom. The van der Waals surface area contributed by atoms with Gasteiger partial charge in [-0.2, -0.15) is 0 Å². The molecule has 3 heteroatoms. The minimum Gasteiger partial charge on any atom is -0.226 e. The van der Waals surface area contributed by atoms with Crippen LogP contribution in [0.5, 0.6) is 0 Å². The Balaban J connectivity index is 2.89. The fourth-order valence-electron chi connectivity index (χ4n) is 1.14. The van der Waals surface area contributed by atoms with E-state index in [9.17, 15) is 0 Å². The molecule has 0 atom stereocenters. The van der Waals surface area contributed by atoms with Gasteiger partial charge in [-0.3, -0.25) is 0 Å². The number of pyridine rings is 2. The number of rotatable bonds is 0. The van der Waals surface area contributed by atoms with E-state index in [-0.39, 0.29) is 0 Å². The minimum absolute atomic E-state index is 0.479. The van der Waals surface area contributed by atoms with Gasteiger partial charge < -0.3 is 0 Å². The smallest absolute Gasteiger partial charge is 0.161 e. The highest BCUT2D eigenvalue weighted by atomic mass is 35.5. The molecule has 0 aromatic carbocycles. The van der Waals surface area contributed by atoms with Crippen LogP contribution in [0.2, 0.25) is 5.15 Å². The van der Waals surface area contributed by atoms with Crippen molar-refractivity contribution in [3.05, 3.63) is 35.1 Å². The van der Waals surface area contributed by atoms with E-state index in [1.165, 1.54) is 0 Å². The summed E-state index contributed by atoms with van der Waals surface area (Å²) in [5, 5.41) is 1.50. The molecule has 59 valence electrons. The molecule has 2 rings (SSSR count). The Kier molecular flexibility index (Phi) is 1.70. The van der Waals surface area contributed by atoms with E-state index in [0.717, 1.165) is 10.9 Å². The van der Waals surface area contributed by atoms with Crippen molar-refractivity contribution >= 4 is 22.6 Å². The molecular weight excluding hydrogens is 172 g/mol. The van der Waals surface area contributed by atoms with Gasteiger partial charge in [-0.25, -0.2) is 9.97 Å². The lowest BCUT2D eigenvalue weighted by molar-refractivity contribution is 1.26. The first kappa shape index (κ1) is 7.50. The molecule has 0 fully saturated rings. The molecule has 2 nitrogen and oxygen atoms in total. The van der Waals surface area contributed by atoms with Gasteiger partial charge in [0, 0.05) is 5.39 Å². The van der Waals surface area contributed by atoms with Gasteiger partial charge in [-0.15, -0.1) is 0 Å². The minimum atomic E-state index is 0.479. The van der Waals surface area contributed by atoms with Gasteiger partial charge in [0.1, 0.15) is 5.15 Å². The number of hydrogen-bond donors (Lipinski definition) is 0. The molecule has 1 radical (unpaired) electrons. The van der Waals surface area contributed by atoms with E-state index < -0.39 is 0 Å². The van der Waals surface area contributed by atoms with E-state index in [2.05, 4.69) is 16.2 Å². The van der Waals surface area contributed by atoms with Crippen LogP contribution in [0.15, 0.2) is 18.2 Å². The number of halogens is 1. The average molecular weight is 178 g/mol. The van der Waals surface area contributed by atoms with Gasteiger partial charge >= 0.3 is 0 Å². The second kappa shape index (κ2) is 2.72. The topological polar surface area (TPSA) is 25.8 Å². The summed E-state index contributed by atoms with van der Waals surface area (Å²) in [7, 11) is 0. The third kappa shape index (κ3) is 1.14. The Hall–Kier alpha value is -1.15. The highest BCUT2D eigenvalue weighted by Crippen LogP contribution is 2.17. The quantitative estimate of drug-likeness (QED) is 0.578. The molecule has 0 bridgehead atoms. The van der Waals surface area contributed by atoms with E-state index >= 15 is 0 Å². The lowest BCUT2D eigenvalue weighted by Gasteiger charge is -1.99. The van der Waals surface area contributed by atoms with Gasteiger partial charge in [0.2, 0.25) is 0 Å². The fourth-order valence-corrected chi connectivity index (χ4v) is 1.38. The molecule has 0 aliphatic heterocycles. The van der Waals surface area contributed by atoms with Crippen LogP contribution in [-0.2, 0) is 0 Å². The Morgan fingerprint density at radius 2 is 2.33 bits per heavy atom. The van der Waals surface area contributed by atoms with Crippen LogP contribution in [0, 0.1) is 13.1 Å². The first-order valence-electron chi connectivity index (χ1n) is 3.57. The Bertz CT molecular complexity index is 426. The van der Waals surface area contributed by atoms with E-state index in [1.54, 1.807) is 6.07 Å². The summed E-state index contributed by atoms with van der Waals surface area (Å²) < 4.78 is 0. The van der Waals surface area contributed by atoms with Crippen molar-refractivity contribution in [2.75, 3.05) is 0 Å². The number of fused-ring (bicyclic) bond motifs is 1. The van der Waals surface area contributed by atoms with E-state index in [4.69, 9.17) is 11.6 Å². The molecule has 0 amide bonds. The van der Waals surface area contributed by atoms with Crippen LogP contribution in [0.1, 0.15) is 5.56 Å². The molecule has 2 aromatic heterocycles. The molecule has 2 heterocycles. The summed E-state index contributed by atoms with van der Waals surface area (Å²) in [4.78, 5) is 8.04. The number of nitrogens with zero attached hydrogens (tertiary/aromatic N) is 2. The summed E-state index contributed by atoms with van der Waals surface area (Å²) >= 11 is 5.76. The first-order valence-corrected chi connectivity index (χ1v) is 3.95. The Labute approximate surface area is 75.2 Å². The van der Waals surface area contributed by atoms with E-state index in [1.807, 2.05) is 19.1 Å². The van der Waals surface area contributed by atoms with Crippen molar-refractivity contribution in [3.63, 3.8) is 0 Å². The van der Waals surface area contributed by atoms with Crippen molar-refractivity contribution in [2.24, 2.45) is 0 Å². The second-order valence-corrected chi connectivity index (χ2v) is 2.96. The van der Waals surface area contributed by atoms with E-state index in [0.29, 0.717) is 10.8 Å². The molecule has 0 aliphatic rings. The van der Waals surface area contributed by atoms with Gasteiger partial charge in [0.25, 0.3) is 0 Å². The zero-order chi connectivity index (χ0) is 8.55. The van der Waals surface area contributed by atoms with Gasteiger partial charge in [0.15, 0.2) is 5.65 Å². The summed E-state index contributed by atoms with van der Waals surface area (Å²) in [5.41, 5.74) is 1.74. The molecule has 0 N–H and O–H groups in total. The predicted octanol–water partition coefficient (Wildman–Crippen LogP) is 2.39. The van der Waals surface area contributed by atoms with Crippen molar-refractivity contribution < 1.29 is 0 Å². The third-order valence-corrected chi connectivity index (χ3v) is 1.90. The monoisotopic (exact) mass is 177 g/mol. The highest BCUT2D eigenvalue weighted by molar-refractivity contribution is 6.29. The van der Waals surface area contributed by atoms with Crippen LogP contribution < -0.4 is 0 Å². The van der Waals surface area contributed by atoms with Crippen molar-refractivity contribution in [3.8, 4) is 0 Å². The first-order chi connectivity index (χ1) is 5.77. The maximum atomic E-state index is 5.76. The molecule has 0 aliphatic carbocycles. The molecule has 0 saturated heterocycles. The Morgan fingerprint density at radius 1 is 1.50 bits per heavy atom. The zero-order valence-corrected chi connectivity index (χ0v) is 7.26. The standard InChI is InChI=1S/C9H6ClN2/c1-6-5-8(10)12-9-7(6)3-2-4-11-9/h2-3,5H,1H3. The molecule has 0 spiro atoms.